The van der Waals surface area contributed by atoms with Crippen LogP contribution in [0, 0.1) is 10.1 Å². The molecule has 3 aromatic rings. The molecule has 3 heterocycles. The highest BCUT2D eigenvalue weighted by Crippen LogP contribution is 2.36. The third-order valence-electron chi connectivity index (χ3n) is 5.27. The molecule has 1 saturated heterocycles. The summed E-state index contributed by atoms with van der Waals surface area (Å²) in [4.78, 5) is 34.1. The summed E-state index contributed by atoms with van der Waals surface area (Å²) < 4.78 is 13.1. The Morgan fingerprint density at radius 3 is 2.74 bits per heavy atom. The van der Waals surface area contributed by atoms with Gasteiger partial charge in [-0.15, -0.1) is 11.3 Å². The summed E-state index contributed by atoms with van der Waals surface area (Å²) in [5, 5.41) is 13.5. The zero-order valence-electron chi connectivity index (χ0n) is 16.8. The summed E-state index contributed by atoms with van der Waals surface area (Å²) in [5.74, 6) is 0.0650. The number of rotatable bonds is 7. The summed E-state index contributed by atoms with van der Waals surface area (Å²) in [6.07, 6.45) is 6.90. The Labute approximate surface area is 182 Å². The minimum atomic E-state index is -0.569. The van der Waals surface area contributed by atoms with E-state index in [-0.39, 0.29) is 41.3 Å². The Morgan fingerprint density at radius 1 is 1.32 bits per heavy atom. The van der Waals surface area contributed by atoms with Crippen LogP contribution in [0.15, 0.2) is 41.7 Å². The first kappa shape index (κ1) is 20.8. The van der Waals surface area contributed by atoms with Gasteiger partial charge in [0.15, 0.2) is 11.5 Å². The van der Waals surface area contributed by atoms with Crippen LogP contribution in [-0.2, 0) is 6.61 Å². The van der Waals surface area contributed by atoms with E-state index in [1.165, 1.54) is 30.6 Å². The summed E-state index contributed by atoms with van der Waals surface area (Å²) >= 11 is 1.43. The maximum absolute atomic E-state index is 13.1. The summed E-state index contributed by atoms with van der Waals surface area (Å²) in [5.41, 5.74) is 2.06. The number of benzene rings is 1. The molecule has 1 fully saturated rings. The van der Waals surface area contributed by atoms with Gasteiger partial charge in [-0.3, -0.25) is 14.9 Å². The Balaban J connectivity index is 1.53. The average molecular weight is 443 g/mol. The molecule has 1 aliphatic heterocycles. The Morgan fingerprint density at radius 2 is 2.13 bits per heavy atom. The van der Waals surface area contributed by atoms with Crippen LogP contribution in [0.5, 0.6) is 11.5 Å². The number of ether oxygens (including phenoxy) is 2. The molecule has 0 unspecified atom stereocenters. The number of nitro benzene ring substituents is 1. The SMILES string of the molecule is COc1cc(C(=O)N2CCC(n3ccnc3)CC2)c([N+](=O)[O-])cc1OCc1cscn1. The fourth-order valence-electron chi connectivity index (χ4n) is 3.63. The van der Waals surface area contributed by atoms with Crippen molar-refractivity contribution in [3.8, 4) is 11.5 Å². The molecule has 0 bridgehead atoms. The fraction of sp³-hybridized carbons (Fsp3) is 0.350. The molecular weight excluding hydrogens is 422 g/mol. The van der Waals surface area contributed by atoms with E-state index in [1.54, 1.807) is 22.9 Å². The lowest BCUT2D eigenvalue weighted by Gasteiger charge is -2.32. The van der Waals surface area contributed by atoms with Crippen LogP contribution in [0.2, 0.25) is 0 Å². The molecule has 1 aromatic carbocycles. The van der Waals surface area contributed by atoms with Crippen molar-refractivity contribution in [3.05, 3.63) is 63.1 Å². The van der Waals surface area contributed by atoms with E-state index < -0.39 is 4.92 Å². The lowest BCUT2D eigenvalue weighted by molar-refractivity contribution is -0.385. The van der Waals surface area contributed by atoms with Crippen molar-refractivity contribution >= 4 is 22.9 Å². The molecule has 1 aliphatic rings. The lowest BCUT2D eigenvalue weighted by Crippen LogP contribution is -2.39. The first-order chi connectivity index (χ1) is 15.1. The second-order valence-corrected chi connectivity index (χ2v) is 7.80. The van der Waals surface area contributed by atoms with Gasteiger partial charge in [0.2, 0.25) is 0 Å². The molecule has 2 aromatic heterocycles. The van der Waals surface area contributed by atoms with Gasteiger partial charge in [0.05, 0.1) is 35.6 Å². The molecular formula is C20H21N5O5S. The van der Waals surface area contributed by atoms with Gasteiger partial charge in [0, 0.05) is 43.0 Å². The number of methoxy groups -OCH3 is 1. The highest BCUT2D eigenvalue weighted by molar-refractivity contribution is 7.07. The van der Waals surface area contributed by atoms with Gasteiger partial charge in [-0.2, -0.15) is 0 Å². The standard InChI is InChI=1S/C20H21N5O5S/c1-29-18-8-16(17(25(27)28)9-19(18)30-10-14-11-31-13-22-14)20(26)23-5-2-15(3-6-23)24-7-4-21-12-24/h4,7-9,11-13,15H,2-3,5-6,10H2,1H3. The largest absolute Gasteiger partial charge is 0.493 e. The number of hydrogen-bond donors (Lipinski definition) is 0. The highest BCUT2D eigenvalue weighted by Gasteiger charge is 2.30. The van der Waals surface area contributed by atoms with Crippen molar-refractivity contribution in [2.75, 3.05) is 20.2 Å². The number of piperidine rings is 1. The van der Waals surface area contributed by atoms with Gasteiger partial charge < -0.3 is 18.9 Å². The zero-order valence-corrected chi connectivity index (χ0v) is 17.7. The van der Waals surface area contributed by atoms with Crippen LogP contribution in [0.25, 0.3) is 0 Å². The van der Waals surface area contributed by atoms with Crippen LogP contribution in [-0.4, -0.2) is 50.5 Å². The number of nitrogens with zero attached hydrogens (tertiary/aromatic N) is 5. The van der Waals surface area contributed by atoms with Crippen molar-refractivity contribution < 1.29 is 19.2 Å². The third kappa shape index (κ3) is 4.50. The zero-order chi connectivity index (χ0) is 21.8. The quantitative estimate of drug-likeness (QED) is 0.407. The minimum Gasteiger partial charge on any atom is -0.493 e. The normalized spacial score (nSPS) is 14.4. The average Bonchev–Trinajstić information content (AvgIpc) is 3.51. The topological polar surface area (TPSA) is 113 Å². The van der Waals surface area contributed by atoms with Crippen LogP contribution in [0.1, 0.15) is 34.9 Å². The molecule has 0 spiro atoms. The van der Waals surface area contributed by atoms with Gasteiger partial charge >= 0.3 is 0 Å². The molecule has 1 amide bonds. The van der Waals surface area contributed by atoms with Crippen LogP contribution < -0.4 is 9.47 Å². The van der Waals surface area contributed by atoms with Crippen molar-refractivity contribution in [1.29, 1.82) is 0 Å². The van der Waals surface area contributed by atoms with Crippen LogP contribution in [0.3, 0.4) is 0 Å². The molecule has 0 N–H and O–H groups in total. The molecule has 10 nitrogen and oxygen atoms in total. The number of carbonyl (C=O) groups is 1. The number of nitro groups is 1. The maximum Gasteiger partial charge on any atom is 0.286 e. The van der Waals surface area contributed by atoms with Crippen molar-refractivity contribution in [1.82, 2.24) is 19.4 Å². The number of thiazole rings is 1. The summed E-state index contributed by atoms with van der Waals surface area (Å²) in [6, 6.07) is 2.90. The second kappa shape index (κ2) is 9.13. The van der Waals surface area contributed by atoms with Gasteiger partial charge in [-0.05, 0) is 12.8 Å². The van der Waals surface area contributed by atoms with Crippen molar-refractivity contribution in [3.63, 3.8) is 0 Å². The highest BCUT2D eigenvalue weighted by atomic mass is 32.1. The second-order valence-electron chi connectivity index (χ2n) is 7.08. The lowest BCUT2D eigenvalue weighted by atomic mass is 10.0. The first-order valence-electron chi connectivity index (χ1n) is 9.70. The number of aromatic nitrogens is 3. The van der Waals surface area contributed by atoms with E-state index in [4.69, 9.17) is 9.47 Å². The molecule has 0 atom stereocenters. The summed E-state index contributed by atoms with van der Waals surface area (Å²) in [6.45, 7) is 1.15. The Kier molecular flexibility index (Phi) is 6.12. The Bertz CT molecular complexity index is 1050. The van der Waals surface area contributed by atoms with E-state index in [9.17, 15) is 14.9 Å². The van der Waals surface area contributed by atoms with E-state index >= 15 is 0 Å². The minimum absolute atomic E-state index is 0.0102. The molecule has 162 valence electrons. The summed E-state index contributed by atoms with van der Waals surface area (Å²) in [7, 11) is 1.43. The van der Waals surface area contributed by atoms with Gasteiger partial charge in [0.1, 0.15) is 12.2 Å². The molecule has 0 saturated carbocycles. The van der Waals surface area contributed by atoms with Gasteiger partial charge in [-0.1, -0.05) is 0 Å². The van der Waals surface area contributed by atoms with Gasteiger partial charge in [0.25, 0.3) is 11.6 Å². The molecule has 11 heteroatoms. The predicted octanol–water partition coefficient (Wildman–Crippen LogP) is 3.31. The first-order valence-corrected chi connectivity index (χ1v) is 10.6. The number of hydrogen-bond acceptors (Lipinski definition) is 8. The van der Waals surface area contributed by atoms with E-state index in [0.717, 1.165) is 12.8 Å². The third-order valence-corrected chi connectivity index (χ3v) is 5.90. The molecule has 0 aliphatic carbocycles. The monoisotopic (exact) mass is 443 g/mol. The predicted molar refractivity (Wildman–Crippen MR) is 112 cm³/mol. The smallest absolute Gasteiger partial charge is 0.286 e. The van der Waals surface area contributed by atoms with E-state index in [2.05, 4.69) is 9.97 Å². The van der Waals surface area contributed by atoms with E-state index in [0.29, 0.717) is 18.8 Å². The Hall–Kier alpha value is -3.47. The number of amides is 1. The van der Waals surface area contributed by atoms with Crippen molar-refractivity contribution in [2.45, 2.75) is 25.5 Å². The van der Waals surface area contributed by atoms with E-state index in [1.807, 2.05) is 16.1 Å². The van der Waals surface area contributed by atoms with Crippen LogP contribution in [0.4, 0.5) is 5.69 Å². The molecule has 31 heavy (non-hydrogen) atoms. The number of likely N-dealkylation sites (tertiary alicyclic amines) is 1. The van der Waals surface area contributed by atoms with Crippen molar-refractivity contribution in [2.24, 2.45) is 0 Å². The number of imidazole rings is 1. The molecule has 4 rings (SSSR count). The molecule has 0 radical (unpaired) electrons. The fourth-order valence-corrected chi connectivity index (χ4v) is 4.17. The van der Waals surface area contributed by atoms with Crippen LogP contribution >= 0.6 is 11.3 Å². The maximum atomic E-state index is 13.1. The van der Waals surface area contributed by atoms with Gasteiger partial charge in [-0.25, -0.2) is 9.97 Å². The number of carbonyl (C=O) groups excluding carboxylic acids is 1.